The Morgan fingerprint density at radius 1 is 0.576 bits per heavy atom. The Hall–Kier alpha value is -4.60. The van der Waals surface area contributed by atoms with Gasteiger partial charge in [-0.3, -0.25) is 0 Å². The number of benzene rings is 5. The minimum atomic E-state index is 0.633. The predicted octanol–water partition coefficient (Wildman–Crippen LogP) is 7.30. The van der Waals surface area contributed by atoms with Gasteiger partial charge in [-0.15, -0.1) is 0 Å². The van der Waals surface area contributed by atoms with E-state index in [1.165, 1.54) is 32.7 Å². The lowest BCUT2D eigenvalue weighted by Crippen LogP contribution is -2.14. The van der Waals surface area contributed by atoms with Gasteiger partial charge in [0.1, 0.15) is 0 Å². The van der Waals surface area contributed by atoms with Crippen LogP contribution in [0.15, 0.2) is 91.0 Å². The molecule has 3 nitrogen and oxygen atoms in total. The van der Waals surface area contributed by atoms with E-state index in [9.17, 15) is 10.5 Å². The van der Waals surface area contributed by atoms with Crippen molar-refractivity contribution in [2.45, 2.75) is 12.8 Å². The van der Waals surface area contributed by atoms with Crippen LogP contribution >= 0.6 is 0 Å². The fraction of sp³-hybridized carbons (Fsp3) is 0.0667. The van der Waals surface area contributed by atoms with Gasteiger partial charge in [0, 0.05) is 17.1 Å². The molecule has 0 atom stereocenters. The summed E-state index contributed by atoms with van der Waals surface area (Å²) in [4.78, 5) is 2.24. The van der Waals surface area contributed by atoms with E-state index in [4.69, 9.17) is 0 Å². The van der Waals surface area contributed by atoms with Crippen molar-refractivity contribution >= 4 is 38.6 Å². The maximum Gasteiger partial charge on any atom is 0.0991 e. The summed E-state index contributed by atoms with van der Waals surface area (Å²) in [6, 6.07) is 35.2. The van der Waals surface area contributed by atoms with E-state index in [0.717, 1.165) is 29.9 Å². The molecule has 0 radical (unpaired) electrons. The van der Waals surface area contributed by atoms with Crippen molar-refractivity contribution in [2.75, 3.05) is 4.90 Å². The van der Waals surface area contributed by atoms with Crippen LogP contribution < -0.4 is 4.90 Å². The maximum absolute atomic E-state index is 9.27. The number of rotatable bonds is 3. The number of nitrogens with zero attached hydrogens (tertiary/aromatic N) is 3. The van der Waals surface area contributed by atoms with Crippen molar-refractivity contribution < 1.29 is 0 Å². The second kappa shape index (κ2) is 7.52. The molecule has 3 heteroatoms. The first-order valence-corrected chi connectivity index (χ1v) is 11.0. The van der Waals surface area contributed by atoms with Gasteiger partial charge < -0.3 is 4.90 Å². The molecule has 0 aliphatic heterocycles. The molecule has 0 bridgehead atoms. The summed E-state index contributed by atoms with van der Waals surface area (Å²) >= 11 is 0. The standard InChI is InChI=1S/C30H19N3/c31-18-20-4-12-25(13-5-20)33(26-14-6-21(19-32)7-15-26)28-17-11-24-9-8-22-2-1-3-23-10-16-27(28)30(24)29(22)23/h1-9,11-15,17H,10,16H2. The first-order valence-electron chi connectivity index (χ1n) is 11.0. The van der Waals surface area contributed by atoms with Crippen LogP contribution in [-0.2, 0) is 12.8 Å². The Labute approximate surface area is 192 Å². The average Bonchev–Trinajstić information content (AvgIpc) is 2.89. The maximum atomic E-state index is 9.27. The summed E-state index contributed by atoms with van der Waals surface area (Å²) in [7, 11) is 0. The SMILES string of the molecule is N#Cc1ccc(N(c2ccc(C#N)cc2)c2ccc3ccc4cccc5c4c3c2CC5)cc1. The second-order valence-electron chi connectivity index (χ2n) is 8.39. The fourth-order valence-corrected chi connectivity index (χ4v) is 5.06. The molecule has 0 aromatic heterocycles. The molecule has 0 amide bonds. The van der Waals surface area contributed by atoms with E-state index in [1.54, 1.807) is 0 Å². The number of nitriles is 2. The third-order valence-electron chi connectivity index (χ3n) is 6.59. The lowest BCUT2D eigenvalue weighted by Gasteiger charge is -2.30. The van der Waals surface area contributed by atoms with Gasteiger partial charge in [-0.05, 0) is 100 Å². The molecule has 0 fully saturated rings. The first kappa shape index (κ1) is 19.1. The second-order valence-corrected chi connectivity index (χ2v) is 8.39. The minimum absolute atomic E-state index is 0.633. The van der Waals surface area contributed by atoms with Crippen LogP contribution in [0.1, 0.15) is 22.3 Å². The van der Waals surface area contributed by atoms with Crippen LogP contribution in [0.25, 0.3) is 21.5 Å². The third-order valence-corrected chi connectivity index (χ3v) is 6.59. The van der Waals surface area contributed by atoms with Gasteiger partial charge in [-0.25, -0.2) is 0 Å². The average molecular weight is 422 g/mol. The van der Waals surface area contributed by atoms with Gasteiger partial charge in [0.15, 0.2) is 0 Å². The predicted molar refractivity (Wildman–Crippen MR) is 133 cm³/mol. The van der Waals surface area contributed by atoms with Crippen molar-refractivity contribution in [3.05, 3.63) is 113 Å². The van der Waals surface area contributed by atoms with Crippen LogP contribution in [-0.4, -0.2) is 0 Å². The largest absolute Gasteiger partial charge is 0.310 e. The summed E-state index contributed by atoms with van der Waals surface area (Å²) in [5, 5.41) is 23.8. The summed E-state index contributed by atoms with van der Waals surface area (Å²) in [5.41, 5.74) is 7.12. The van der Waals surface area contributed by atoms with Gasteiger partial charge in [0.2, 0.25) is 0 Å². The molecular weight excluding hydrogens is 402 g/mol. The number of aryl methyl sites for hydroxylation is 2. The Kier molecular flexibility index (Phi) is 4.35. The molecule has 5 aromatic rings. The molecule has 6 rings (SSSR count). The quantitative estimate of drug-likeness (QED) is 0.287. The van der Waals surface area contributed by atoms with Crippen molar-refractivity contribution in [1.82, 2.24) is 0 Å². The van der Waals surface area contributed by atoms with Crippen LogP contribution in [0.3, 0.4) is 0 Å². The molecule has 1 aliphatic rings. The van der Waals surface area contributed by atoms with Crippen LogP contribution in [0.4, 0.5) is 17.1 Å². The molecule has 1 aliphatic carbocycles. The molecule has 0 saturated carbocycles. The highest BCUT2D eigenvalue weighted by Crippen LogP contribution is 2.44. The Morgan fingerprint density at radius 3 is 1.76 bits per heavy atom. The topological polar surface area (TPSA) is 50.8 Å². The monoisotopic (exact) mass is 421 g/mol. The first-order chi connectivity index (χ1) is 16.3. The molecule has 154 valence electrons. The molecule has 0 saturated heterocycles. The van der Waals surface area contributed by atoms with E-state index in [0.29, 0.717) is 11.1 Å². The highest BCUT2D eigenvalue weighted by Gasteiger charge is 2.22. The van der Waals surface area contributed by atoms with Gasteiger partial charge >= 0.3 is 0 Å². The highest BCUT2D eigenvalue weighted by molar-refractivity contribution is 6.13. The Morgan fingerprint density at radius 2 is 1.15 bits per heavy atom. The van der Waals surface area contributed by atoms with Gasteiger partial charge in [-0.1, -0.05) is 36.4 Å². The van der Waals surface area contributed by atoms with E-state index in [-0.39, 0.29) is 0 Å². The van der Waals surface area contributed by atoms with Crippen molar-refractivity contribution in [2.24, 2.45) is 0 Å². The third kappa shape index (κ3) is 3.03. The van der Waals surface area contributed by atoms with Gasteiger partial charge in [-0.2, -0.15) is 10.5 Å². The van der Waals surface area contributed by atoms with E-state index >= 15 is 0 Å². The summed E-state index contributed by atoms with van der Waals surface area (Å²) in [5.74, 6) is 0. The zero-order chi connectivity index (χ0) is 22.4. The molecular formula is C30H19N3. The number of anilines is 3. The Bertz CT molecular complexity index is 1560. The fourth-order valence-electron chi connectivity index (χ4n) is 5.06. The lowest BCUT2D eigenvalue weighted by atomic mass is 9.85. The minimum Gasteiger partial charge on any atom is -0.310 e. The van der Waals surface area contributed by atoms with Crippen molar-refractivity contribution in [3.63, 3.8) is 0 Å². The van der Waals surface area contributed by atoms with Crippen LogP contribution in [0.2, 0.25) is 0 Å². The molecule has 0 spiro atoms. The van der Waals surface area contributed by atoms with Gasteiger partial charge in [0.05, 0.1) is 23.3 Å². The Balaban J connectivity index is 1.64. The smallest absolute Gasteiger partial charge is 0.0991 e. The van der Waals surface area contributed by atoms with Crippen LogP contribution in [0.5, 0.6) is 0 Å². The molecule has 33 heavy (non-hydrogen) atoms. The number of hydrogen-bond donors (Lipinski definition) is 0. The lowest BCUT2D eigenvalue weighted by molar-refractivity contribution is 0.964. The zero-order valence-electron chi connectivity index (χ0n) is 17.9. The summed E-state index contributed by atoms with van der Waals surface area (Å²) in [6.45, 7) is 0. The van der Waals surface area contributed by atoms with E-state index < -0.39 is 0 Å². The summed E-state index contributed by atoms with van der Waals surface area (Å²) < 4.78 is 0. The molecule has 0 unspecified atom stereocenters. The van der Waals surface area contributed by atoms with E-state index in [1.807, 2.05) is 48.5 Å². The summed E-state index contributed by atoms with van der Waals surface area (Å²) in [6.07, 6.45) is 1.97. The number of hydrogen-bond acceptors (Lipinski definition) is 3. The zero-order valence-corrected chi connectivity index (χ0v) is 17.9. The van der Waals surface area contributed by atoms with Gasteiger partial charge in [0.25, 0.3) is 0 Å². The van der Waals surface area contributed by atoms with E-state index in [2.05, 4.69) is 59.5 Å². The molecule has 0 N–H and O–H groups in total. The van der Waals surface area contributed by atoms with Crippen molar-refractivity contribution in [3.8, 4) is 12.1 Å². The molecule has 5 aromatic carbocycles. The van der Waals surface area contributed by atoms with Crippen molar-refractivity contribution in [1.29, 1.82) is 10.5 Å². The highest BCUT2D eigenvalue weighted by atomic mass is 15.1. The normalized spacial score (nSPS) is 11.9. The molecule has 0 heterocycles. The van der Waals surface area contributed by atoms with Crippen LogP contribution in [0, 0.1) is 22.7 Å².